The first kappa shape index (κ1) is 15.2. The monoisotopic (exact) mass is 315 g/mol. The van der Waals surface area contributed by atoms with Gasteiger partial charge in [-0.1, -0.05) is 11.6 Å². The molecule has 2 rings (SSSR count). The molecule has 1 aliphatic rings. The van der Waals surface area contributed by atoms with Gasteiger partial charge in [0, 0.05) is 22.9 Å². The Morgan fingerprint density at radius 3 is 2.60 bits per heavy atom. The summed E-state index contributed by atoms with van der Waals surface area (Å²) in [4.78, 5) is 25.2. The molecule has 0 aromatic heterocycles. The first-order valence-electron chi connectivity index (χ1n) is 6.06. The molecule has 0 spiro atoms. The van der Waals surface area contributed by atoms with Crippen molar-refractivity contribution in [2.45, 2.75) is 23.5 Å². The van der Waals surface area contributed by atoms with Gasteiger partial charge in [0.15, 0.2) is 0 Å². The van der Waals surface area contributed by atoms with Gasteiger partial charge in [-0.25, -0.2) is 4.79 Å². The molecular weight excluding hydrogens is 302 g/mol. The molecule has 0 bridgehead atoms. The van der Waals surface area contributed by atoms with Crippen LogP contribution in [0.15, 0.2) is 29.2 Å². The number of rotatable bonds is 4. The lowest BCUT2D eigenvalue weighted by Gasteiger charge is -2.20. The highest BCUT2D eigenvalue weighted by Gasteiger charge is 2.38. The molecular formula is C13H14ClNO4S. The summed E-state index contributed by atoms with van der Waals surface area (Å²) in [6, 6.07) is 6.13. The lowest BCUT2D eigenvalue weighted by molar-refractivity contribution is -0.147. The zero-order chi connectivity index (χ0) is 14.7. The Morgan fingerprint density at radius 2 is 2.00 bits per heavy atom. The molecule has 1 fully saturated rings. The summed E-state index contributed by atoms with van der Waals surface area (Å²) in [7, 11) is 0. The fourth-order valence-corrected chi connectivity index (χ4v) is 2.99. The third-order valence-corrected chi connectivity index (χ3v) is 4.31. The van der Waals surface area contributed by atoms with Crippen molar-refractivity contribution in [1.82, 2.24) is 4.90 Å². The largest absolute Gasteiger partial charge is 0.480 e. The molecule has 1 aromatic rings. The van der Waals surface area contributed by atoms with E-state index in [1.807, 2.05) is 0 Å². The van der Waals surface area contributed by atoms with E-state index in [0.717, 1.165) is 4.90 Å². The molecule has 2 N–H and O–H groups in total. The second-order valence-corrected chi connectivity index (χ2v) is 6.02. The molecule has 20 heavy (non-hydrogen) atoms. The molecule has 1 aliphatic heterocycles. The minimum Gasteiger partial charge on any atom is -0.480 e. The number of carboxylic acid groups (broad SMARTS) is 1. The van der Waals surface area contributed by atoms with Crippen LogP contribution in [0.5, 0.6) is 0 Å². The number of β-amino-alcohol motifs (C(OH)–C–C–N with tert-alkyl or cyclic N) is 1. The van der Waals surface area contributed by atoms with Crippen LogP contribution in [0.2, 0.25) is 5.02 Å². The Hall–Kier alpha value is -1.24. The van der Waals surface area contributed by atoms with E-state index >= 15 is 0 Å². The number of hydrogen-bond acceptors (Lipinski definition) is 4. The maximum Gasteiger partial charge on any atom is 0.326 e. The zero-order valence-electron chi connectivity index (χ0n) is 10.5. The summed E-state index contributed by atoms with van der Waals surface area (Å²) in [5.41, 5.74) is 0. The summed E-state index contributed by atoms with van der Waals surface area (Å²) < 4.78 is 0. The van der Waals surface area contributed by atoms with E-state index in [4.69, 9.17) is 16.7 Å². The number of aliphatic hydroxyl groups excluding tert-OH is 1. The third-order valence-electron chi connectivity index (χ3n) is 3.06. The van der Waals surface area contributed by atoms with Crippen molar-refractivity contribution in [2.24, 2.45) is 0 Å². The average Bonchev–Trinajstić information content (AvgIpc) is 2.80. The van der Waals surface area contributed by atoms with E-state index in [1.54, 1.807) is 24.3 Å². The first-order chi connectivity index (χ1) is 9.47. The van der Waals surface area contributed by atoms with Crippen LogP contribution in [0, 0.1) is 0 Å². The highest BCUT2D eigenvalue weighted by Crippen LogP contribution is 2.23. The SMILES string of the molecule is O=C(O)[C@H]1C[C@@H](O)CN1C(=O)CSc1ccc(Cl)cc1. The molecule has 0 unspecified atom stereocenters. The van der Waals surface area contributed by atoms with Crippen molar-refractivity contribution in [3.05, 3.63) is 29.3 Å². The molecule has 1 amide bonds. The predicted octanol–water partition coefficient (Wildman–Crippen LogP) is 1.48. The Labute approximate surface area is 125 Å². The van der Waals surface area contributed by atoms with E-state index in [-0.39, 0.29) is 24.6 Å². The fraction of sp³-hybridized carbons (Fsp3) is 0.385. The van der Waals surface area contributed by atoms with Crippen molar-refractivity contribution >= 4 is 35.2 Å². The maximum atomic E-state index is 12.1. The number of carbonyl (C=O) groups excluding carboxylic acids is 1. The number of hydrogen-bond donors (Lipinski definition) is 2. The van der Waals surface area contributed by atoms with Gasteiger partial charge in [-0.3, -0.25) is 4.79 Å². The van der Waals surface area contributed by atoms with Gasteiger partial charge in [-0.15, -0.1) is 11.8 Å². The minimum atomic E-state index is -1.08. The summed E-state index contributed by atoms with van der Waals surface area (Å²) in [6.45, 7) is 0.0803. The zero-order valence-corrected chi connectivity index (χ0v) is 12.1. The smallest absolute Gasteiger partial charge is 0.326 e. The van der Waals surface area contributed by atoms with Crippen LogP contribution in [-0.2, 0) is 9.59 Å². The number of carbonyl (C=O) groups is 2. The summed E-state index contributed by atoms with van der Waals surface area (Å²) >= 11 is 7.09. The fourth-order valence-electron chi connectivity index (χ4n) is 2.08. The Balaban J connectivity index is 1.94. The Kier molecular flexibility index (Phi) is 4.91. The van der Waals surface area contributed by atoms with Crippen LogP contribution in [0.1, 0.15) is 6.42 Å². The number of likely N-dealkylation sites (tertiary alicyclic amines) is 1. The summed E-state index contributed by atoms with van der Waals surface area (Å²) in [6.07, 6.45) is -0.673. The van der Waals surface area contributed by atoms with Crippen molar-refractivity contribution in [3.8, 4) is 0 Å². The number of thioether (sulfide) groups is 1. The highest BCUT2D eigenvalue weighted by atomic mass is 35.5. The van der Waals surface area contributed by atoms with Gasteiger partial charge in [0.05, 0.1) is 11.9 Å². The van der Waals surface area contributed by atoms with Gasteiger partial charge in [-0.2, -0.15) is 0 Å². The van der Waals surface area contributed by atoms with E-state index in [0.29, 0.717) is 5.02 Å². The van der Waals surface area contributed by atoms with E-state index in [1.165, 1.54) is 16.7 Å². The number of aliphatic carboxylic acids is 1. The number of benzene rings is 1. The Bertz CT molecular complexity index is 508. The normalized spacial score (nSPS) is 22.0. The highest BCUT2D eigenvalue weighted by molar-refractivity contribution is 8.00. The van der Waals surface area contributed by atoms with Gasteiger partial charge >= 0.3 is 5.97 Å². The Morgan fingerprint density at radius 1 is 1.35 bits per heavy atom. The number of halogens is 1. The van der Waals surface area contributed by atoms with Gasteiger partial charge in [0.1, 0.15) is 6.04 Å². The molecule has 1 saturated heterocycles. The second kappa shape index (κ2) is 6.47. The van der Waals surface area contributed by atoms with Crippen molar-refractivity contribution in [1.29, 1.82) is 0 Å². The molecule has 5 nitrogen and oxygen atoms in total. The van der Waals surface area contributed by atoms with Crippen molar-refractivity contribution < 1.29 is 19.8 Å². The van der Waals surface area contributed by atoms with Crippen LogP contribution in [0.3, 0.4) is 0 Å². The number of nitrogens with zero attached hydrogens (tertiary/aromatic N) is 1. The quantitative estimate of drug-likeness (QED) is 0.823. The number of aliphatic hydroxyl groups is 1. The van der Waals surface area contributed by atoms with Gasteiger partial charge in [-0.05, 0) is 24.3 Å². The predicted molar refractivity (Wildman–Crippen MR) is 75.9 cm³/mol. The van der Waals surface area contributed by atoms with Crippen LogP contribution in [0.25, 0.3) is 0 Å². The summed E-state index contributed by atoms with van der Waals surface area (Å²) in [5, 5.41) is 19.2. The lowest BCUT2D eigenvalue weighted by Crippen LogP contribution is -2.41. The van der Waals surface area contributed by atoms with E-state index in [2.05, 4.69) is 0 Å². The van der Waals surface area contributed by atoms with Gasteiger partial charge < -0.3 is 15.1 Å². The number of carboxylic acids is 1. The second-order valence-electron chi connectivity index (χ2n) is 4.53. The maximum absolute atomic E-state index is 12.1. The molecule has 1 aromatic carbocycles. The molecule has 0 aliphatic carbocycles. The standard InChI is InChI=1S/C13H14ClNO4S/c14-8-1-3-10(4-2-8)20-7-12(17)15-6-9(16)5-11(15)13(18)19/h1-4,9,11,16H,5-7H2,(H,18,19)/t9-,11-/m1/s1. The van der Waals surface area contributed by atoms with Crippen molar-refractivity contribution in [3.63, 3.8) is 0 Å². The van der Waals surface area contributed by atoms with Gasteiger partial charge in [0.25, 0.3) is 0 Å². The third kappa shape index (κ3) is 3.65. The van der Waals surface area contributed by atoms with Gasteiger partial charge in [0.2, 0.25) is 5.91 Å². The van der Waals surface area contributed by atoms with Crippen molar-refractivity contribution in [2.75, 3.05) is 12.3 Å². The van der Waals surface area contributed by atoms with Crippen LogP contribution >= 0.6 is 23.4 Å². The van der Waals surface area contributed by atoms with Crippen LogP contribution in [-0.4, -0.2) is 51.4 Å². The topological polar surface area (TPSA) is 77.8 Å². The molecule has 108 valence electrons. The molecule has 0 radical (unpaired) electrons. The molecule has 2 atom stereocenters. The average molecular weight is 316 g/mol. The lowest BCUT2D eigenvalue weighted by atomic mass is 10.2. The number of amides is 1. The molecule has 1 heterocycles. The van der Waals surface area contributed by atoms with E-state index in [9.17, 15) is 14.7 Å². The first-order valence-corrected chi connectivity index (χ1v) is 7.42. The molecule has 7 heteroatoms. The van der Waals surface area contributed by atoms with Crippen LogP contribution < -0.4 is 0 Å². The molecule has 0 saturated carbocycles. The summed E-state index contributed by atoms with van der Waals surface area (Å²) in [5.74, 6) is -1.22. The minimum absolute atomic E-state index is 0.0803. The van der Waals surface area contributed by atoms with Crippen LogP contribution in [0.4, 0.5) is 0 Å². The van der Waals surface area contributed by atoms with E-state index < -0.39 is 18.1 Å².